The number of carbonyl (C=O) groups excluding carboxylic acids is 1. The smallest absolute Gasteiger partial charge is 0.257 e. The number of benzene rings is 2. The van der Waals surface area contributed by atoms with Gasteiger partial charge in [-0.15, -0.1) is 0 Å². The van der Waals surface area contributed by atoms with Gasteiger partial charge in [-0.1, -0.05) is 24.3 Å². The van der Waals surface area contributed by atoms with Gasteiger partial charge in [-0.25, -0.2) is 13.8 Å². The maximum atomic E-state index is 14.4. The highest BCUT2D eigenvalue weighted by Gasteiger charge is 2.18. The van der Waals surface area contributed by atoms with Crippen LogP contribution < -0.4 is 5.32 Å². The topological polar surface area (TPSA) is 59.3 Å². The number of imidazole rings is 1. The summed E-state index contributed by atoms with van der Waals surface area (Å²) in [6.07, 6.45) is 5.02. The summed E-state index contributed by atoms with van der Waals surface area (Å²) < 4.78 is 29.9. The molecule has 0 saturated heterocycles. The molecule has 2 aromatic carbocycles. The molecular formula is C27H20F2N4O. The Morgan fingerprint density at radius 3 is 2.53 bits per heavy atom. The number of nitrogens with one attached hydrogen (secondary N) is 1. The van der Waals surface area contributed by atoms with Crippen LogP contribution in [0.1, 0.15) is 21.6 Å². The molecule has 0 unspecified atom stereocenters. The predicted molar refractivity (Wildman–Crippen MR) is 128 cm³/mol. The molecule has 0 aliphatic carbocycles. The van der Waals surface area contributed by atoms with Gasteiger partial charge < -0.3 is 5.32 Å². The van der Waals surface area contributed by atoms with Crippen molar-refractivity contribution in [2.45, 2.75) is 13.8 Å². The molecule has 168 valence electrons. The van der Waals surface area contributed by atoms with Crippen LogP contribution in [0.3, 0.4) is 0 Å². The minimum absolute atomic E-state index is 0.0670. The lowest BCUT2D eigenvalue weighted by Gasteiger charge is -2.11. The van der Waals surface area contributed by atoms with Gasteiger partial charge in [0.25, 0.3) is 5.91 Å². The highest BCUT2D eigenvalue weighted by molar-refractivity contribution is 6.06. The van der Waals surface area contributed by atoms with E-state index in [4.69, 9.17) is 0 Å². The standard InChI is InChI=1S/C27H20F2N4O/c1-16-6-3-7-19(12-16)32-27(34)22-13-18(14-30-17(22)2)20-9-5-11-33-24(20)15-31-26(33)21-8-4-10-23(28)25(21)29/h3-15H,1-2H3,(H,32,34). The first kappa shape index (κ1) is 21.5. The van der Waals surface area contributed by atoms with Crippen molar-refractivity contribution in [2.24, 2.45) is 0 Å². The van der Waals surface area contributed by atoms with Crippen LogP contribution >= 0.6 is 0 Å². The predicted octanol–water partition coefficient (Wildman–Crippen LogP) is 6.21. The van der Waals surface area contributed by atoms with Crippen molar-refractivity contribution in [3.8, 4) is 22.5 Å². The molecule has 0 bridgehead atoms. The number of amides is 1. The quantitative estimate of drug-likeness (QED) is 0.351. The molecular weight excluding hydrogens is 434 g/mol. The van der Waals surface area contributed by atoms with Gasteiger partial charge in [-0.05, 0) is 55.8 Å². The molecule has 5 aromatic rings. The third-order valence-electron chi connectivity index (χ3n) is 5.68. The summed E-state index contributed by atoms with van der Waals surface area (Å²) in [4.78, 5) is 21.8. The van der Waals surface area contributed by atoms with Gasteiger partial charge >= 0.3 is 0 Å². The molecule has 3 heterocycles. The van der Waals surface area contributed by atoms with E-state index in [2.05, 4.69) is 15.3 Å². The van der Waals surface area contributed by atoms with Crippen molar-refractivity contribution in [2.75, 3.05) is 5.32 Å². The fraction of sp³-hybridized carbons (Fsp3) is 0.0741. The Kier molecular flexibility index (Phi) is 5.37. The minimum atomic E-state index is -0.951. The summed E-state index contributed by atoms with van der Waals surface area (Å²) in [5.41, 5.74) is 4.99. The van der Waals surface area contributed by atoms with E-state index in [1.54, 1.807) is 42.0 Å². The number of aromatic nitrogens is 3. The van der Waals surface area contributed by atoms with E-state index in [1.807, 2.05) is 37.3 Å². The summed E-state index contributed by atoms with van der Waals surface area (Å²) >= 11 is 0. The highest BCUT2D eigenvalue weighted by atomic mass is 19.2. The van der Waals surface area contributed by atoms with Crippen molar-refractivity contribution in [1.82, 2.24) is 14.4 Å². The van der Waals surface area contributed by atoms with E-state index in [9.17, 15) is 13.6 Å². The average Bonchev–Trinajstić information content (AvgIpc) is 3.25. The number of hydrogen-bond acceptors (Lipinski definition) is 3. The first-order valence-electron chi connectivity index (χ1n) is 10.7. The fourth-order valence-electron chi connectivity index (χ4n) is 3.97. The van der Waals surface area contributed by atoms with Gasteiger partial charge in [0.05, 0.1) is 28.5 Å². The largest absolute Gasteiger partial charge is 0.322 e. The first-order chi connectivity index (χ1) is 16.4. The van der Waals surface area contributed by atoms with Crippen LogP contribution in [-0.2, 0) is 0 Å². The summed E-state index contributed by atoms with van der Waals surface area (Å²) in [6.45, 7) is 3.73. The third-order valence-corrected chi connectivity index (χ3v) is 5.68. The maximum Gasteiger partial charge on any atom is 0.257 e. The molecule has 0 fully saturated rings. The van der Waals surface area contributed by atoms with Crippen molar-refractivity contribution < 1.29 is 13.6 Å². The van der Waals surface area contributed by atoms with Crippen molar-refractivity contribution in [3.05, 3.63) is 108 Å². The molecule has 5 nitrogen and oxygen atoms in total. The number of carbonyl (C=O) groups is 1. The first-order valence-corrected chi connectivity index (χ1v) is 10.7. The Bertz CT molecular complexity index is 1560. The molecule has 0 radical (unpaired) electrons. The molecule has 0 saturated carbocycles. The lowest BCUT2D eigenvalue weighted by Crippen LogP contribution is -2.14. The van der Waals surface area contributed by atoms with Crippen molar-refractivity contribution in [1.29, 1.82) is 0 Å². The number of rotatable bonds is 4. The van der Waals surface area contributed by atoms with E-state index in [1.165, 1.54) is 12.1 Å². The summed E-state index contributed by atoms with van der Waals surface area (Å²) in [7, 11) is 0. The van der Waals surface area contributed by atoms with Gasteiger partial charge in [0.1, 0.15) is 5.82 Å². The Hall–Kier alpha value is -4.39. The Labute approximate surface area is 194 Å². The molecule has 0 spiro atoms. The highest BCUT2D eigenvalue weighted by Crippen LogP contribution is 2.30. The van der Waals surface area contributed by atoms with Crippen LogP contribution in [0, 0.1) is 25.5 Å². The Balaban J connectivity index is 1.56. The van der Waals surface area contributed by atoms with Crippen LogP contribution in [0.5, 0.6) is 0 Å². The van der Waals surface area contributed by atoms with Crippen LogP contribution in [0.4, 0.5) is 14.5 Å². The molecule has 1 N–H and O–H groups in total. The summed E-state index contributed by atoms with van der Waals surface area (Å²) in [5, 5.41) is 2.92. The number of fused-ring (bicyclic) bond motifs is 1. The van der Waals surface area contributed by atoms with E-state index >= 15 is 0 Å². The minimum Gasteiger partial charge on any atom is -0.322 e. The van der Waals surface area contributed by atoms with Gasteiger partial charge in [-0.2, -0.15) is 0 Å². The van der Waals surface area contributed by atoms with Crippen LogP contribution in [0.25, 0.3) is 28.0 Å². The number of aryl methyl sites for hydroxylation is 2. The molecule has 0 atom stereocenters. The summed E-state index contributed by atoms with van der Waals surface area (Å²) in [6, 6.07) is 17.0. The number of halogens is 2. The van der Waals surface area contributed by atoms with E-state index in [-0.39, 0.29) is 17.3 Å². The zero-order valence-corrected chi connectivity index (χ0v) is 18.5. The number of hydrogen-bond donors (Lipinski definition) is 1. The molecule has 7 heteroatoms. The van der Waals surface area contributed by atoms with E-state index in [0.717, 1.165) is 17.2 Å². The SMILES string of the molecule is Cc1cccc(NC(=O)c2cc(-c3cccn4c(-c5cccc(F)c5F)ncc34)cnc2C)c1. The molecule has 3 aromatic heterocycles. The van der Waals surface area contributed by atoms with Gasteiger partial charge in [-0.3, -0.25) is 14.2 Å². The zero-order chi connectivity index (χ0) is 23.8. The maximum absolute atomic E-state index is 14.4. The number of pyridine rings is 2. The molecule has 5 rings (SSSR count). The molecule has 34 heavy (non-hydrogen) atoms. The van der Waals surface area contributed by atoms with E-state index < -0.39 is 11.6 Å². The van der Waals surface area contributed by atoms with Crippen LogP contribution in [-0.4, -0.2) is 20.3 Å². The van der Waals surface area contributed by atoms with Crippen molar-refractivity contribution in [3.63, 3.8) is 0 Å². The van der Waals surface area contributed by atoms with Crippen LogP contribution in [0.15, 0.2) is 79.3 Å². The Morgan fingerprint density at radius 2 is 1.71 bits per heavy atom. The Morgan fingerprint density at radius 1 is 0.912 bits per heavy atom. The molecule has 0 aliphatic rings. The second-order valence-electron chi connectivity index (χ2n) is 8.04. The molecule has 1 amide bonds. The lowest BCUT2D eigenvalue weighted by atomic mass is 10.0. The second-order valence-corrected chi connectivity index (χ2v) is 8.04. The molecule has 0 aliphatic heterocycles. The van der Waals surface area contributed by atoms with Gasteiger partial charge in [0.15, 0.2) is 11.6 Å². The normalized spacial score (nSPS) is 11.1. The summed E-state index contributed by atoms with van der Waals surface area (Å²) in [5.74, 6) is -1.86. The van der Waals surface area contributed by atoms with Gasteiger partial charge in [0.2, 0.25) is 0 Å². The number of nitrogens with zero attached hydrogens (tertiary/aromatic N) is 3. The monoisotopic (exact) mass is 454 g/mol. The van der Waals surface area contributed by atoms with Gasteiger partial charge in [0, 0.05) is 29.2 Å². The second kappa shape index (κ2) is 8.51. The van der Waals surface area contributed by atoms with Crippen molar-refractivity contribution >= 4 is 17.1 Å². The van der Waals surface area contributed by atoms with Crippen LogP contribution in [0.2, 0.25) is 0 Å². The zero-order valence-electron chi connectivity index (χ0n) is 18.5. The lowest BCUT2D eigenvalue weighted by molar-refractivity contribution is 0.102. The average molecular weight is 454 g/mol. The van der Waals surface area contributed by atoms with E-state index in [0.29, 0.717) is 28.0 Å². The fourth-order valence-corrected chi connectivity index (χ4v) is 3.97. The third kappa shape index (κ3) is 3.81. The number of anilines is 1.